The molecule has 1 unspecified atom stereocenters. The van der Waals surface area contributed by atoms with E-state index >= 15 is 0 Å². The van der Waals surface area contributed by atoms with Gasteiger partial charge in [0.1, 0.15) is 0 Å². The van der Waals surface area contributed by atoms with Crippen LogP contribution in [-0.2, 0) is 11.2 Å². The van der Waals surface area contributed by atoms with Crippen molar-refractivity contribution in [3.63, 3.8) is 0 Å². The van der Waals surface area contributed by atoms with E-state index in [0.29, 0.717) is 11.3 Å². The lowest BCUT2D eigenvalue weighted by Crippen LogP contribution is -2.34. The number of rotatable bonds is 6. The Balaban J connectivity index is 2.66. The smallest absolute Gasteiger partial charge is 0.308 e. The van der Waals surface area contributed by atoms with Crippen LogP contribution in [0.3, 0.4) is 0 Å². The summed E-state index contributed by atoms with van der Waals surface area (Å²) in [5.41, 5.74) is 1.09. The third kappa shape index (κ3) is 5.50. The minimum atomic E-state index is -0.859. The van der Waals surface area contributed by atoms with Gasteiger partial charge in [-0.15, -0.1) is 11.3 Å². The van der Waals surface area contributed by atoms with Crippen molar-refractivity contribution in [3.8, 4) is 0 Å². The minimum Gasteiger partial charge on any atom is -0.481 e. The molecule has 0 aliphatic heterocycles. The zero-order valence-electron chi connectivity index (χ0n) is 13.4. The van der Waals surface area contributed by atoms with Gasteiger partial charge in [0.15, 0.2) is 0 Å². The van der Waals surface area contributed by atoms with Crippen LogP contribution in [0.15, 0.2) is 6.07 Å². The Kier molecular flexibility index (Phi) is 5.96. The van der Waals surface area contributed by atoms with Gasteiger partial charge in [0, 0.05) is 11.4 Å². The Labute approximate surface area is 130 Å². The van der Waals surface area contributed by atoms with Crippen LogP contribution in [-0.4, -0.2) is 23.5 Å². The summed E-state index contributed by atoms with van der Waals surface area (Å²) >= 11 is 1.46. The van der Waals surface area contributed by atoms with Crippen LogP contribution in [0, 0.1) is 18.3 Å². The van der Waals surface area contributed by atoms with E-state index in [9.17, 15) is 14.7 Å². The van der Waals surface area contributed by atoms with Gasteiger partial charge in [-0.1, -0.05) is 27.7 Å². The second-order valence-electron chi connectivity index (χ2n) is 6.56. The first-order chi connectivity index (χ1) is 9.64. The molecule has 21 heavy (non-hydrogen) atoms. The topological polar surface area (TPSA) is 66.4 Å². The van der Waals surface area contributed by atoms with Gasteiger partial charge in [-0.3, -0.25) is 9.59 Å². The zero-order valence-corrected chi connectivity index (χ0v) is 14.3. The van der Waals surface area contributed by atoms with Gasteiger partial charge < -0.3 is 10.4 Å². The summed E-state index contributed by atoms with van der Waals surface area (Å²) in [4.78, 5) is 25.2. The van der Waals surface area contributed by atoms with Gasteiger partial charge in [-0.25, -0.2) is 0 Å². The van der Waals surface area contributed by atoms with Gasteiger partial charge in [0.25, 0.3) is 5.91 Å². The van der Waals surface area contributed by atoms with Crippen molar-refractivity contribution in [2.45, 2.75) is 47.5 Å². The standard InChI is InChI=1S/C16H25NO3S/c1-6-11-7-13(21-10(11)2)14(18)17-9-12(15(19)20)8-16(3,4)5/h7,12H,6,8-9H2,1-5H3,(H,17,18)(H,19,20). The fourth-order valence-corrected chi connectivity index (χ4v) is 3.30. The maximum atomic E-state index is 12.1. The van der Waals surface area contributed by atoms with E-state index in [4.69, 9.17) is 0 Å². The molecule has 0 aliphatic carbocycles. The Morgan fingerprint density at radius 2 is 2.00 bits per heavy atom. The lowest BCUT2D eigenvalue weighted by molar-refractivity contribution is -0.142. The average Bonchev–Trinajstić information content (AvgIpc) is 2.73. The number of hydrogen-bond donors (Lipinski definition) is 2. The summed E-state index contributed by atoms with van der Waals surface area (Å²) in [6.07, 6.45) is 1.43. The number of aliphatic carboxylic acids is 1. The van der Waals surface area contributed by atoms with Crippen LogP contribution in [0.1, 0.15) is 54.2 Å². The molecule has 1 aromatic rings. The second-order valence-corrected chi connectivity index (χ2v) is 7.81. The summed E-state index contributed by atoms with van der Waals surface area (Å²) in [6.45, 7) is 10.2. The summed E-state index contributed by atoms with van der Waals surface area (Å²) in [5, 5.41) is 12.0. The quantitative estimate of drug-likeness (QED) is 0.845. The van der Waals surface area contributed by atoms with Crippen molar-refractivity contribution in [2.75, 3.05) is 6.54 Å². The molecule has 118 valence electrons. The number of carboxylic acids is 1. The molecule has 1 atom stereocenters. The number of thiophene rings is 1. The molecule has 4 nitrogen and oxygen atoms in total. The van der Waals surface area contributed by atoms with Gasteiger partial charge in [-0.2, -0.15) is 0 Å². The van der Waals surface area contributed by atoms with Crippen LogP contribution < -0.4 is 5.32 Å². The average molecular weight is 311 g/mol. The molecule has 0 radical (unpaired) electrons. The zero-order chi connectivity index (χ0) is 16.2. The molecular weight excluding hydrogens is 286 g/mol. The number of nitrogens with one attached hydrogen (secondary N) is 1. The van der Waals surface area contributed by atoms with Crippen molar-refractivity contribution < 1.29 is 14.7 Å². The van der Waals surface area contributed by atoms with Gasteiger partial charge in [0.05, 0.1) is 10.8 Å². The number of amides is 1. The Bertz CT molecular complexity index is 514. The van der Waals surface area contributed by atoms with E-state index in [-0.39, 0.29) is 17.9 Å². The van der Waals surface area contributed by atoms with Gasteiger partial charge in [-0.05, 0) is 36.8 Å². The van der Waals surface area contributed by atoms with E-state index in [2.05, 4.69) is 12.2 Å². The molecule has 1 heterocycles. The first-order valence-electron chi connectivity index (χ1n) is 7.24. The molecule has 0 aromatic carbocycles. The summed E-state index contributed by atoms with van der Waals surface area (Å²) in [6, 6.07) is 1.90. The molecule has 0 bridgehead atoms. The molecule has 1 rings (SSSR count). The predicted molar refractivity (Wildman–Crippen MR) is 86.0 cm³/mol. The van der Waals surface area contributed by atoms with Crippen LogP contribution in [0.25, 0.3) is 0 Å². The molecule has 0 spiro atoms. The normalized spacial score (nSPS) is 13.0. The SMILES string of the molecule is CCc1cc(C(=O)NCC(CC(C)(C)C)C(=O)O)sc1C. The molecule has 0 saturated heterocycles. The fourth-order valence-electron chi connectivity index (χ4n) is 2.27. The van der Waals surface area contributed by atoms with Crippen LogP contribution in [0.4, 0.5) is 0 Å². The van der Waals surface area contributed by atoms with Crippen molar-refractivity contribution in [1.82, 2.24) is 5.32 Å². The van der Waals surface area contributed by atoms with Crippen LogP contribution in [0.2, 0.25) is 0 Å². The van der Waals surface area contributed by atoms with Crippen molar-refractivity contribution in [1.29, 1.82) is 0 Å². The molecule has 1 amide bonds. The molecule has 0 saturated carbocycles. The third-order valence-corrected chi connectivity index (χ3v) is 4.43. The monoisotopic (exact) mass is 311 g/mol. The highest BCUT2D eigenvalue weighted by Gasteiger charge is 2.25. The number of aryl methyl sites for hydroxylation is 2. The van der Waals surface area contributed by atoms with Crippen molar-refractivity contribution in [3.05, 3.63) is 21.4 Å². The van der Waals surface area contributed by atoms with Gasteiger partial charge in [0.2, 0.25) is 0 Å². The van der Waals surface area contributed by atoms with Crippen LogP contribution in [0.5, 0.6) is 0 Å². The Hall–Kier alpha value is -1.36. The summed E-state index contributed by atoms with van der Waals surface area (Å²) < 4.78 is 0. The summed E-state index contributed by atoms with van der Waals surface area (Å²) in [7, 11) is 0. The number of carbonyl (C=O) groups is 2. The van der Waals surface area contributed by atoms with E-state index in [1.165, 1.54) is 16.9 Å². The van der Waals surface area contributed by atoms with Crippen molar-refractivity contribution >= 4 is 23.2 Å². The number of carbonyl (C=O) groups excluding carboxylic acids is 1. The molecule has 2 N–H and O–H groups in total. The highest BCUT2D eigenvalue weighted by atomic mass is 32.1. The van der Waals surface area contributed by atoms with E-state index in [0.717, 1.165) is 11.3 Å². The van der Waals surface area contributed by atoms with E-state index in [1.807, 2.05) is 33.8 Å². The molecular formula is C16H25NO3S. The Morgan fingerprint density at radius 1 is 1.38 bits per heavy atom. The van der Waals surface area contributed by atoms with E-state index in [1.54, 1.807) is 0 Å². The highest BCUT2D eigenvalue weighted by molar-refractivity contribution is 7.14. The first kappa shape index (κ1) is 17.7. The minimum absolute atomic E-state index is 0.0807. The molecule has 0 aliphatic rings. The lowest BCUT2D eigenvalue weighted by Gasteiger charge is -2.23. The predicted octanol–water partition coefficient (Wildman–Crippen LogP) is 3.49. The lowest BCUT2D eigenvalue weighted by atomic mass is 9.84. The number of hydrogen-bond acceptors (Lipinski definition) is 3. The maximum absolute atomic E-state index is 12.1. The Morgan fingerprint density at radius 3 is 2.43 bits per heavy atom. The van der Waals surface area contributed by atoms with E-state index < -0.39 is 11.9 Å². The fraction of sp³-hybridized carbons (Fsp3) is 0.625. The second kappa shape index (κ2) is 7.07. The van der Waals surface area contributed by atoms with Crippen molar-refractivity contribution in [2.24, 2.45) is 11.3 Å². The maximum Gasteiger partial charge on any atom is 0.308 e. The molecule has 1 aromatic heterocycles. The first-order valence-corrected chi connectivity index (χ1v) is 8.06. The third-order valence-electron chi connectivity index (χ3n) is 3.34. The number of carboxylic acid groups (broad SMARTS) is 1. The molecule has 0 fully saturated rings. The summed E-state index contributed by atoms with van der Waals surface area (Å²) in [5.74, 6) is -1.59. The van der Waals surface area contributed by atoms with Gasteiger partial charge >= 0.3 is 5.97 Å². The largest absolute Gasteiger partial charge is 0.481 e. The van der Waals surface area contributed by atoms with Crippen LogP contribution >= 0.6 is 11.3 Å². The highest BCUT2D eigenvalue weighted by Crippen LogP contribution is 2.25. The molecule has 5 heteroatoms.